The predicted octanol–water partition coefficient (Wildman–Crippen LogP) is 6.28. The van der Waals surface area contributed by atoms with Crippen LogP contribution in [0.2, 0.25) is 0 Å². The molecule has 0 N–H and O–H groups in total. The van der Waals surface area contributed by atoms with Gasteiger partial charge >= 0.3 is 0 Å². The van der Waals surface area contributed by atoms with E-state index in [1.807, 2.05) is 12.4 Å². The van der Waals surface area contributed by atoms with Crippen LogP contribution in [0.4, 0.5) is 0 Å². The van der Waals surface area contributed by atoms with Crippen molar-refractivity contribution in [2.75, 3.05) is 0 Å². The van der Waals surface area contributed by atoms with Gasteiger partial charge in [-0.3, -0.25) is 4.98 Å². The van der Waals surface area contributed by atoms with Crippen molar-refractivity contribution in [3.05, 3.63) is 30.1 Å². The smallest absolute Gasteiger partial charge is 0.0270 e. The Balaban J connectivity index is 1.34. The lowest BCUT2D eigenvalue weighted by Crippen LogP contribution is -2.46. The molecule has 1 heterocycles. The molecular formula is C23H35N. The minimum atomic E-state index is 0.762. The van der Waals surface area contributed by atoms with Crippen molar-refractivity contribution in [2.45, 2.75) is 78.1 Å². The largest absolute Gasteiger partial charge is 0.265 e. The summed E-state index contributed by atoms with van der Waals surface area (Å²) in [6, 6.07) is 4.38. The molecule has 1 unspecified atom stereocenters. The zero-order valence-electron chi connectivity index (χ0n) is 15.7. The predicted molar refractivity (Wildman–Crippen MR) is 101 cm³/mol. The highest BCUT2D eigenvalue weighted by Crippen LogP contribution is 2.61. The van der Waals surface area contributed by atoms with Crippen molar-refractivity contribution < 1.29 is 0 Å². The van der Waals surface area contributed by atoms with Gasteiger partial charge in [-0.1, -0.05) is 13.8 Å². The van der Waals surface area contributed by atoms with Crippen LogP contribution >= 0.6 is 0 Å². The molecule has 24 heavy (non-hydrogen) atoms. The van der Waals surface area contributed by atoms with Gasteiger partial charge in [0.2, 0.25) is 0 Å². The maximum Gasteiger partial charge on any atom is 0.0270 e. The molecule has 5 rings (SSSR count). The van der Waals surface area contributed by atoms with E-state index in [1.54, 1.807) is 38.5 Å². The van der Waals surface area contributed by atoms with E-state index in [0.717, 1.165) is 35.0 Å². The highest BCUT2D eigenvalue weighted by Gasteiger charge is 2.50. The zero-order valence-corrected chi connectivity index (χ0v) is 15.7. The highest BCUT2D eigenvalue weighted by atomic mass is 14.6. The molecular weight excluding hydrogens is 290 g/mol. The van der Waals surface area contributed by atoms with E-state index >= 15 is 0 Å². The lowest BCUT2D eigenvalue weighted by Gasteiger charge is -2.57. The molecule has 1 heteroatoms. The molecule has 0 aliphatic heterocycles. The molecule has 0 amide bonds. The van der Waals surface area contributed by atoms with Crippen molar-refractivity contribution in [3.8, 4) is 0 Å². The maximum absolute atomic E-state index is 4.15. The summed E-state index contributed by atoms with van der Waals surface area (Å²) >= 11 is 0. The van der Waals surface area contributed by atoms with Crippen molar-refractivity contribution in [1.29, 1.82) is 0 Å². The summed E-state index contributed by atoms with van der Waals surface area (Å²) in [7, 11) is 0. The molecule has 0 aromatic carbocycles. The van der Waals surface area contributed by atoms with Crippen LogP contribution in [-0.2, 0) is 6.42 Å². The number of nitrogens with zero attached hydrogens (tertiary/aromatic N) is 1. The molecule has 4 aliphatic rings. The molecule has 1 nitrogen and oxygen atoms in total. The van der Waals surface area contributed by atoms with Gasteiger partial charge < -0.3 is 0 Å². The summed E-state index contributed by atoms with van der Waals surface area (Å²) in [5.41, 5.74) is 2.23. The van der Waals surface area contributed by atoms with E-state index < -0.39 is 0 Å². The molecule has 1 aromatic heterocycles. The number of aryl methyl sites for hydroxylation is 1. The quantitative estimate of drug-likeness (QED) is 0.574. The minimum Gasteiger partial charge on any atom is -0.265 e. The second kappa shape index (κ2) is 6.81. The molecule has 132 valence electrons. The summed E-state index contributed by atoms with van der Waals surface area (Å²) in [5, 5.41) is 0. The van der Waals surface area contributed by atoms with Crippen LogP contribution in [0.5, 0.6) is 0 Å². The summed E-state index contributed by atoms with van der Waals surface area (Å²) in [5.74, 6) is 5.02. The van der Waals surface area contributed by atoms with E-state index in [-0.39, 0.29) is 0 Å². The molecule has 1 aromatic rings. The monoisotopic (exact) mass is 325 g/mol. The van der Waals surface area contributed by atoms with Crippen LogP contribution < -0.4 is 0 Å². The molecule has 4 saturated carbocycles. The number of rotatable bonds is 7. The Morgan fingerprint density at radius 2 is 1.54 bits per heavy atom. The van der Waals surface area contributed by atoms with E-state index in [4.69, 9.17) is 0 Å². The topological polar surface area (TPSA) is 12.9 Å². The second-order valence-corrected chi connectivity index (χ2v) is 9.85. The van der Waals surface area contributed by atoms with Gasteiger partial charge in [0.05, 0.1) is 0 Å². The Hall–Kier alpha value is -0.850. The van der Waals surface area contributed by atoms with Crippen molar-refractivity contribution >= 4 is 0 Å². The van der Waals surface area contributed by atoms with Gasteiger partial charge in [-0.05, 0) is 117 Å². The lowest BCUT2D eigenvalue weighted by molar-refractivity contribution is -0.0609. The van der Waals surface area contributed by atoms with Gasteiger partial charge in [-0.15, -0.1) is 0 Å². The molecule has 0 radical (unpaired) electrons. The third kappa shape index (κ3) is 3.55. The Labute approximate surface area is 148 Å². The first kappa shape index (κ1) is 16.6. The minimum absolute atomic E-state index is 0.762. The van der Waals surface area contributed by atoms with E-state index in [1.165, 1.54) is 31.2 Å². The van der Waals surface area contributed by atoms with E-state index in [0.29, 0.717) is 0 Å². The SMILES string of the molecule is CC(C)C(CCc1ccncc1)CCC12CC3CC(CC(C3)C1)C2. The van der Waals surface area contributed by atoms with Gasteiger partial charge in [-0.2, -0.15) is 0 Å². The highest BCUT2D eigenvalue weighted by molar-refractivity contribution is 5.09. The fraction of sp³-hybridized carbons (Fsp3) is 0.783. The molecule has 4 fully saturated rings. The average Bonchev–Trinajstić information content (AvgIpc) is 2.54. The first-order valence-corrected chi connectivity index (χ1v) is 10.5. The summed E-state index contributed by atoms with van der Waals surface area (Å²) in [4.78, 5) is 4.15. The molecule has 0 saturated heterocycles. The summed E-state index contributed by atoms with van der Waals surface area (Å²) < 4.78 is 0. The lowest BCUT2D eigenvalue weighted by atomic mass is 9.48. The first-order valence-electron chi connectivity index (χ1n) is 10.5. The summed E-state index contributed by atoms with van der Waals surface area (Å²) in [6.07, 6.45) is 18.9. The number of aromatic nitrogens is 1. The Morgan fingerprint density at radius 3 is 2.08 bits per heavy atom. The molecule has 0 spiro atoms. The third-order valence-corrected chi connectivity index (χ3v) is 7.71. The zero-order chi connectivity index (χ0) is 16.6. The standard InChI is InChI=1S/C23H35N/c1-17(2)22(4-3-18-6-9-24-10-7-18)5-8-23-14-19-11-20(15-23)13-21(12-19)16-23/h6-7,9-10,17,19-22H,3-5,8,11-16H2,1-2H3. The fourth-order valence-corrected chi connectivity index (χ4v) is 6.80. The van der Waals surface area contributed by atoms with Crippen LogP contribution in [-0.4, -0.2) is 4.98 Å². The van der Waals surface area contributed by atoms with E-state index in [9.17, 15) is 0 Å². The van der Waals surface area contributed by atoms with Gasteiger partial charge in [-0.25, -0.2) is 0 Å². The Morgan fingerprint density at radius 1 is 0.958 bits per heavy atom. The Kier molecular flexibility index (Phi) is 4.71. The number of pyridine rings is 1. The first-order chi connectivity index (χ1) is 11.6. The maximum atomic E-state index is 4.15. The van der Waals surface area contributed by atoms with E-state index in [2.05, 4.69) is 31.0 Å². The van der Waals surface area contributed by atoms with Gasteiger partial charge in [0, 0.05) is 12.4 Å². The average molecular weight is 326 g/mol. The molecule has 4 bridgehead atoms. The Bertz CT molecular complexity index is 497. The number of hydrogen-bond donors (Lipinski definition) is 0. The van der Waals surface area contributed by atoms with Crippen LogP contribution in [0.3, 0.4) is 0 Å². The normalized spacial score (nSPS) is 35.5. The van der Waals surface area contributed by atoms with Crippen LogP contribution in [0, 0.1) is 35.0 Å². The van der Waals surface area contributed by atoms with Gasteiger partial charge in [0.1, 0.15) is 0 Å². The van der Waals surface area contributed by atoms with Gasteiger partial charge in [0.25, 0.3) is 0 Å². The summed E-state index contributed by atoms with van der Waals surface area (Å²) in [6.45, 7) is 4.88. The number of hydrogen-bond acceptors (Lipinski definition) is 1. The second-order valence-electron chi connectivity index (χ2n) is 9.85. The third-order valence-electron chi connectivity index (χ3n) is 7.71. The molecule has 4 aliphatic carbocycles. The fourth-order valence-electron chi connectivity index (χ4n) is 6.80. The van der Waals surface area contributed by atoms with Crippen LogP contribution in [0.25, 0.3) is 0 Å². The van der Waals surface area contributed by atoms with Crippen molar-refractivity contribution in [3.63, 3.8) is 0 Å². The van der Waals surface area contributed by atoms with Crippen molar-refractivity contribution in [2.24, 2.45) is 35.0 Å². The van der Waals surface area contributed by atoms with Crippen LogP contribution in [0.1, 0.15) is 77.2 Å². The van der Waals surface area contributed by atoms with Crippen LogP contribution in [0.15, 0.2) is 24.5 Å². The van der Waals surface area contributed by atoms with Crippen molar-refractivity contribution in [1.82, 2.24) is 4.98 Å². The molecule has 1 atom stereocenters. The van der Waals surface area contributed by atoms with Gasteiger partial charge in [0.15, 0.2) is 0 Å².